The van der Waals surface area contributed by atoms with Crippen LogP contribution in [-0.4, -0.2) is 40.0 Å². The molecule has 1 aliphatic carbocycles. The Balaban J connectivity index is 1.45. The predicted molar refractivity (Wildman–Crippen MR) is 151 cm³/mol. The molecule has 1 saturated carbocycles. The maximum atomic E-state index is 5.79. The van der Waals surface area contributed by atoms with Gasteiger partial charge < -0.3 is 24.4 Å². The van der Waals surface area contributed by atoms with Gasteiger partial charge in [0.05, 0.1) is 20.8 Å². The molecule has 0 amide bonds. The van der Waals surface area contributed by atoms with E-state index in [9.17, 15) is 0 Å². The van der Waals surface area contributed by atoms with Gasteiger partial charge in [-0.3, -0.25) is 0 Å². The Hall–Kier alpha value is -3.18. The molecule has 0 atom stereocenters. The Kier molecular flexibility index (Phi) is 8.20. The first-order valence-electron chi connectivity index (χ1n) is 13.8. The van der Waals surface area contributed by atoms with Crippen molar-refractivity contribution in [2.75, 3.05) is 38.8 Å². The number of methoxy groups -OCH3 is 2. The van der Waals surface area contributed by atoms with E-state index in [1.165, 1.54) is 47.2 Å². The first-order chi connectivity index (χ1) is 18.2. The van der Waals surface area contributed by atoms with Gasteiger partial charge in [0, 0.05) is 23.8 Å². The third kappa shape index (κ3) is 5.72. The van der Waals surface area contributed by atoms with Crippen LogP contribution in [0.1, 0.15) is 56.1 Å². The molecule has 37 heavy (non-hydrogen) atoms. The van der Waals surface area contributed by atoms with E-state index in [2.05, 4.69) is 70.9 Å². The first-order valence-corrected chi connectivity index (χ1v) is 13.8. The zero-order chi connectivity index (χ0) is 25.6. The Morgan fingerprint density at radius 2 is 1.65 bits per heavy atom. The van der Waals surface area contributed by atoms with Gasteiger partial charge in [-0.2, -0.15) is 0 Å². The average Bonchev–Trinajstić information content (AvgIpc) is 2.92. The van der Waals surface area contributed by atoms with Gasteiger partial charge in [-0.05, 0) is 111 Å². The Labute approximate surface area is 221 Å². The molecular formula is C32H40N2O3. The second kappa shape index (κ2) is 11.9. The molecule has 5 heteroatoms. The lowest BCUT2D eigenvalue weighted by atomic mass is 9.78. The Morgan fingerprint density at radius 1 is 0.865 bits per heavy atom. The van der Waals surface area contributed by atoms with Crippen molar-refractivity contribution in [3.8, 4) is 28.4 Å². The largest absolute Gasteiger partial charge is 0.494 e. The topological polar surface area (TPSA) is 43.0 Å². The van der Waals surface area contributed by atoms with Crippen molar-refractivity contribution >= 4 is 5.69 Å². The maximum Gasteiger partial charge on any atom is 0.164 e. The fraction of sp³-hybridized carbons (Fsp3) is 0.438. The van der Waals surface area contributed by atoms with Crippen molar-refractivity contribution in [2.45, 2.75) is 57.5 Å². The van der Waals surface area contributed by atoms with Crippen molar-refractivity contribution in [3.63, 3.8) is 0 Å². The molecule has 0 spiro atoms. The summed E-state index contributed by atoms with van der Waals surface area (Å²) in [5, 5.41) is 3.52. The van der Waals surface area contributed by atoms with E-state index in [0.29, 0.717) is 18.6 Å². The molecule has 3 aromatic rings. The second-order valence-electron chi connectivity index (χ2n) is 10.2. The van der Waals surface area contributed by atoms with Crippen LogP contribution in [0.4, 0.5) is 5.69 Å². The van der Waals surface area contributed by atoms with E-state index in [4.69, 9.17) is 14.2 Å². The summed E-state index contributed by atoms with van der Waals surface area (Å²) in [6, 6.07) is 22.5. The molecule has 3 aromatic carbocycles. The summed E-state index contributed by atoms with van der Waals surface area (Å²) < 4.78 is 17.2. The molecular weight excluding hydrogens is 460 g/mol. The van der Waals surface area contributed by atoms with E-state index in [1.807, 2.05) is 6.92 Å². The highest BCUT2D eigenvalue weighted by molar-refractivity contribution is 5.70. The molecule has 0 bridgehead atoms. The van der Waals surface area contributed by atoms with Gasteiger partial charge in [-0.25, -0.2) is 0 Å². The van der Waals surface area contributed by atoms with Gasteiger partial charge >= 0.3 is 0 Å². The number of piperidine rings is 1. The van der Waals surface area contributed by atoms with Gasteiger partial charge in [0.15, 0.2) is 11.5 Å². The van der Waals surface area contributed by atoms with E-state index < -0.39 is 0 Å². The highest BCUT2D eigenvalue weighted by Crippen LogP contribution is 2.46. The molecule has 2 aliphatic rings. The van der Waals surface area contributed by atoms with Crippen LogP contribution in [0.25, 0.3) is 11.1 Å². The first kappa shape index (κ1) is 25.5. The van der Waals surface area contributed by atoms with Gasteiger partial charge in [0.25, 0.3) is 0 Å². The minimum atomic E-state index is 0.508. The van der Waals surface area contributed by atoms with Crippen molar-refractivity contribution in [2.24, 2.45) is 0 Å². The quantitative estimate of drug-likeness (QED) is 0.332. The van der Waals surface area contributed by atoms with Crippen molar-refractivity contribution in [1.82, 2.24) is 5.32 Å². The molecule has 0 unspecified atom stereocenters. The molecule has 1 N–H and O–H groups in total. The van der Waals surface area contributed by atoms with Crippen molar-refractivity contribution in [3.05, 3.63) is 71.8 Å². The minimum Gasteiger partial charge on any atom is -0.494 e. The number of ether oxygens (including phenoxy) is 3. The number of anilines is 1. The van der Waals surface area contributed by atoms with E-state index in [1.54, 1.807) is 14.2 Å². The van der Waals surface area contributed by atoms with Crippen LogP contribution in [0, 0.1) is 0 Å². The summed E-state index contributed by atoms with van der Waals surface area (Å²) >= 11 is 0. The second-order valence-corrected chi connectivity index (χ2v) is 10.2. The SMILES string of the molecule is CCOc1ccc(N(Cc2cccc(-c3cc(OC)c(OC)c(C4CCC4)c3)c2)C2CCNCC2)cc1. The standard InChI is InChI=1S/C32H40N2O3/c1-4-37-29-13-11-27(12-14-29)34(28-15-17-33-18-16-28)22-23-7-5-10-25(19-23)26-20-30(24-8-6-9-24)32(36-3)31(21-26)35-2/h5,7,10-14,19-21,24,28,33H,4,6,8-9,15-18,22H2,1-3H3. The van der Waals surface area contributed by atoms with Crippen molar-refractivity contribution < 1.29 is 14.2 Å². The van der Waals surface area contributed by atoms with Crippen LogP contribution in [-0.2, 0) is 6.54 Å². The highest BCUT2D eigenvalue weighted by Gasteiger charge is 2.26. The molecule has 5 rings (SSSR count). The lowest BCUT2D eigenvalue weighted by Crippen LogP contribution is -2.43. The predicted octanol–water partition coefficient (Wildman–Crippen LogP) is 6.80. The van der Waals surface area contributed by atoms with Crippen LogP contribution in [0.5, 0.6) is 17.2 Å². The van der Waals surface area contributed by atoms with Crippen LogP contribution < -0.4 is 24.4 Å². The molecule has 0 aromatic heterocycles. The molecule has 1 aliphatic heterocycles. The fourth-order valence-corrected chi connectivity index (χ4v) is 5.68. The van der Waals surface area contributed by atoms with Gasteiger partial charge in [0.2, 0.25) is 0 Å². The molecule has 1 heterocycles. The number of rotatable bonds is 10. The maximum absolute atomic E-state index is 5.79. The highest BCUT2D eigenvalue weighted by atomic mass is 16.5. The number of hydrogen-bond acceptors (Lipinski definition) is 5. The summed E-state index contributed by atoms with van der Waals surface area (Å²) in [6.45, 7) is 5.70. The van der Waals surface area contributed by atoms with Gasteiger partial charge in [-0.15, -0.1) is 0 Å². The van der Waals surface area contributed by atoms with E-state index >= 15 is 0 Å². The monoisotopic (exact) mass is 500 g/mol. The van der Waals surface area contributed by atoms with Crippen LogP contribution in [0.15, 0.2) is 60.7 Å². The number of nitrogens with zero attached hydrogens (tertiary/aromatic N) is 1. The van der Waals surface area contributed by atoms with E-state index in [0.717, 1.165) is 49.7 Å². The number of nitrogens with one attached hydrogen (secondary N) is 1. The lowest BCUT2D eigenvalue weighted by molar-refractivity contribution is 0.337. The Bertz CT molecular complexity index is 1170. The summed E-state index contributed by atoms with van der Waals surface area (Å²) in [5.74, 6) is 3.19. The Morgan fingerprint density at radius 3 is 2.30 bits per heavy atom. The fourth-order valence-electron chi connectivity index (χ4n) is 5.68. The number of hydrogen-bond donors (Lipinski definition) is 1. The van der Waals surface area contributed by atoms with Crippen LogP contribution in [0.2, 0.25) is 0 Å². The van der Waals surface area contributed by atoms with E-state index in [-0.39, 0.29) is 0 Å². The molecule has 5 nitrogen and oxygen atoms in total. The summed E-state index contributed by atoms with van der Waals surface area (Å²) in [6.07, 6.45) is 6.02. The average molecular weight is 501 g/mol. The molecule has 2 fully saturated rings. The summed E-state index contributed by atoms with van der Waals surface area (Å²) in [5.41, 5.74) is 6.25. The van der Waals surface area contributed by atoms with Crippen LogP contribution >= 0.6 is 0 Å². The summed E-state index contributed by atoms with van der Waals surface area (Å²) in [4.78, 5) is 2.57. The van der Waals surface area contributed by atoms with Crippen LogP contribution in [0.3, 0.4) is 0 Å². The molecule has 0 radical (unpaired) electrons. The normalized spacial score (nSPS) is 16.2. The van der Waals surface area contributed by atoms with Gasteiger partial charge in [0.1, 0.15) is 5.75 Å². The lowest BCUT2D eigenvalue weighted by Gasteiger charge is -2.36. The smallest absolute Gasteiger partial charge is 0.164 e. The number of benzene rings is 3. The molecule has 196 valence electrons. The minimum absolute atomic E-state index is 0.508. The molecule has 1 saturated heterocycles. The third-order valence-electron chi connectivity index (χ3n) is 7.89. The zero-order valence-corrected chi connectivity index (χ0v) is 22.5. The van der Waals surface area contributed by atoms with Crippen molar-refractivity contribution in [1.29, 1.82) is 0 Å². The third-order valence-corrected chi connectivity index (χ3v) is 7.89. The zero-order valence-electron chi connectivity index (χ0n) is 22.5. The summed E-state index contributed by atoms with van der Waals surface area (Å²) in [7, 11) is 3.48. The van der Waals surface area contributed by atoms with Gasteiger partial charge in [-0.1, -0.05) is 24.6 Å².